The lowest BCUT2D eigenvalue weighted by molar-refractivity contribution is -0.120. The predicted octanol–water partition coefficient (Wildman–Crippen LogP) is 4.13. The van der Waals surface area contributed by atoms with Crippen LogP contribution in [0.2, 0.25) is 0 Å². The second kappa shape index (κ2) is 8.16. The third-order valence-electron chi connectivity index (χ3n) is 4.44. The lowest BCUT2D eigenvalue weighted by Gasteiger charge is -2.28. The number of nitrogens with zero attached hydrogens (tertiary/aromatic N) is 1. The van der Waals surface area contributed by atoms with E-state index in [0.717, 1.165) is 11.3 Å². The smallest absolute Gasteiger partial charge is 0.271 e. The fraction of sp³-hybridized carbons (Fsp3) is 0.318. The maximum atomic E-state index is 12.3. The first-order chi connectivity index (χ1) is 12.9. The van der Waals surface area contributed by atoms with E-state index < -0.39 is 0 Å². The molecule has 0 aliphatic heterocycles. The average molecular weight is 364 g/mol. The van der Waals surface area contributed by atoms with Gasteiger partial charge >= 0.3 is 0 Å². The van der Waals surface area contributed by atoms with Crippen LogP contribution >= 0.6 is 0 Å². The molecular formula is C22H24N2O3. The SMILES string of the molecule is CC1(C)CC(=O)CC(=NNC(=O)c2ccc(OCc3ccccc3)cc2)C1. The number of ketones is 1. The van der Waals surface area contributed by atoms with Crippen LogP contribution < -0.4 is 10.2 Å². The van der Waals surface area contributed by atoms with Crippen molar-refractivity contribution in [3.05, 3.63) is 65.7 Å². The van der Waals surface area contributed by atoms with E-state index in [2.05, 4.69) is 10.5 Å². The zero-order valence-electron chi connectivity index (χ0n) is 15.7. The van der Waals surface area contributed by atoms with Gasteiger partial charge in [0.05, 0.1) is 0 Å². The van der Waals surface area contributed by atoms with Crippen LogP contribution in [0.25, 0.3) is 0 Å². The quantitative estimate of drug-likeness (QED) is 0.811. The summed E-state index contributed by atoms with van der Waals surface area (Å²) >= 11 is 0. The Balaban J connectivity index is 1.56. The van der Waals surface area contributed by atoms with E-state index in [1.54, 1.807) is 24.3 Å². The molecule has 1 aliphatic carbocycles. The highest BCUT2D eigenvalue weighted by Gasteiger charge is 2.30. The minimum atomic E-state index is -0.298. The molecule has 0 aromatic heterocycles. The Hall–Kier alpha value is -2.95. The molecule has 1 fully saturated rings. The first kappa shape index (κ1) is 18.8. The molecule has 140 valence electrons. The van der Waals surface area contributed by atoms with E-state index >= 15 is 0 Å². The predicted molar refractivity (Wildman–Crippen MR) is 105 cm³/mol. The van der Waals surface area contributed by atoms with Crippen LogP contribution in [0.3, 0.4) is 0 Å². The van der Waals surface area contributed by atoms with Crippen molar-refractivity contribution in [2.24, 2.45) is 10.5 Å². The van der Waals surface area contributed by atoms with Crippen LogP contribution in [-0.4, -0.2) is 17.4 Å². The molecule has 5 nitrogen and oxygen atoms in total. The summed E-state index contributed by atoms with van der Waals surface area (Å²) < 4.78 is 5.72. The molecule has 0 saturated heterocycles. The summed E-state index contributed by atoms with van der Waals surface area (Å²) in [5.41, 5.74) is 4.77. The molecule has 1 aliphatic rings. The van der Waals surface area contributed by atoms with E-state index in [4.69, 9.17) is 4.74 Å². The number of carbonyl (C=O) groups is 2. The fourth-order valence-corrected chi connectivity index (χ4v) is 3.22. The van der Waals surface area contributed by atoms with Crippen molar-refractivity contribution in [2.75, 3.05) is 0 Å². The zero-order valence-corrected chi connectivity index (χ0v) is 15.7. The van der Waals surface area contributed by atoms with Crippen molar-refractivity contribution >= 4 is 17.4 Å². The highest BCUT2D eigenvalue weighted by Crippen LogP contribution is 2.31. The van der Waals surface area contributed by atoms with Gasteiger partial charge in [0, 0.05) is 24.1 Å². The van der Waals surface area contributed by atoms with Gasteiger partial charge in [0.2, 0.25) is 0 Å². The minimum Gasteiger partial charge on any atom is -0.489 e. The Morgan fingerprint density at radius 2 is 1.78 bits per heavy atom. The van der Waals surface area contributed by atoms with Crippen molar-refractivity contribution in [3.63, 3.8) is 0 Å². The van der Waals surface area contributed by atoms with Gasteiger partial charge in [-0.3, -0.25) is 9.59 Å². The van der Waals surface area contributed by atoms with E-state index in [1.165, 1.54) is 0 Å². The zero-order chi connectivity index (χ0) is 19.3. The first-order valence-electron chi connectivity index (χ1n) is 9.06. The highest BCUT2D eigenvalue weighted by atomic mass is 16.5. The van der Waals surface area contributed by atoms with E-state index in [9.17, 15) is 9.59 Å². The van der Waals surface area contributed by atoms with Gasteiger partial charge in [-0.25, -0.2) is 5.43 Å². The van der Waals surface area contributed by atoms with E-state index in [0.29, 0.717) is 37.2 Å². The largest absolute Gasteiger partial charge is 0.489 e. The topological polar surface area (TPSA) is 67.8 Å². The maximum Gasteiger partial charge on any atom is 0.271 e. The van der Waals surface area contributed by atoms with Gasteiger partial charge in [-0.1, -0.05) is 44.2 Å². The van der Waals surface area contributed by atoms with Crippen molar-refractivity contribution < 1.29 is 14.3 Å². The molecule has 5 heteroatoms. The standard InChI is InChI=1S/C22H24N2O3/c1-22(2)13-18(12-19(25)14-22)23-24-21(26)17-8-10-20(11-9-17)27-15-16-6-4-3-5-7-16/h3-11H,12-15H2,1-2H3,(H,24,26). The lowest BCUT2D eigenvalue weighted by Crippen LogP contribution is -2.31. The van der Waals surface area contributed by atoms with Crippen molar-refractivity contribution in [1.82, 2.24) is 5.43 Å². The fourth-order valence-electron chi connectivity index (χ4n) is 3.22. The summed E-state index contributed by atoms with van der Waals surface area (Å²) in [4.78, 5) is 24.1. The van der Waals surface area contributed by atoms with Gasteiger partial charge in [0.25, 0.3) is 5.91 Å². The molecule has 0 bridgehead atoms. The molecule has 1 amide bonds. The lowest BCUT2D eigenvalue weighted by atomic mass is 9.76. The molecule has 0 unspecified atom stereocenters. The number of rotatable bonds is 5. The normalized spacial score (nSPS) is 17.6. The molecule has 0 radical (unpaired) electrons. The molecule has 2 aromatic carbocycles. The number of hydrazone groups is 1. The molecule has 3 rings (SSSR count). The summed E-state index contributed by atoms with van der Waals surface area (Å²) in [7, 11) is 0. The average Bonchev–Trinajstić information content (AvgIpc) is 2.64. The Morgan fingerprint density at radius 3 is 2.44 bits per heavy atom. The van der Waals surface area contributed by atoms with Crippen LogP contribution in [-0.2, 0) is 11.4 Å². The number of nitrogens with one attached hydrogen (secondary N) is 1. The monoisotopic (exact) mass is 364 g/mol. The molecule has 1 N–H and O–H groups in total. The van der Waals surface area contributed by atoms with Crippen LogP contribution in [0.15, 0.2) is 59.7 Å². The first-order valence-corrected chi connectivity index (χ1v) is 9.06. The number of amides is 1. The minimum absolute atomic E-state index is 0.101. The van der Waals surface area contributed by atoms with Crippen LogP contribution in [0.1, 0.15) is 49.0 Å². The number of carbonyl (C=O) groups excluding carboxylic acids is 2. The molecule has 0 atom stereocenters. The second-order valence-electron chi connectivity index (χ2n) is 7.65. The molecule has 1 saturated carbocycles. The third kappa shape index (κ3) is 5.51. The molecule has 2 aromatic rings. The third-order valence-corrected chi connectivity index (χ3v) is 4.44. The number of hydrogen-bond acceptors (Lipinski definition) is 4. The molecule has 0 heterocycles. The van der Waals surface area contributed by atoms with Crippen LogP contribution in [0, 0.1) is 5.41 Å². The highest BCUT2D eigenvalue weighted by molar-refractivity contribution is 6.05. The van der Waals surface area contributed by atoms with Gasteiger partial charge in [0.1, 0.15) is 18.1 Å². The van der Waals surface area contributed by atoms with E-state index in [-0.39, 0.29) is 17.1 Å². The van der Waals surface area contributed by atoms with Crippen LogP contribution in [0.4, 0.5) is 0 Å². The van der Waals surface area contributed by atoms with Crippen LogP contribution in [0.5, 0.6) is 5.75 Å². The Labute approximate surface area is 159 Å². The summed E-state index contributed by atoms with van der Waals surface area (Å²) in [6.07, 6.45) is 1.59. The number of benzene rings is 2. The van der Waals surface area contributed by atoms with Crippen molar-refractivity contribution in [2.45, 2.75) is 39.7 Å². The molecule has 0 spiro atoms. The molecule has 27 heavy (non-hydrogen) atoms. The van der Waals surface area contributed by atoms with Crippen molar-refractivity contribution in [3.8, 4) is 5.75 Å². The summed E-state index contributed by atoms with van der Waals surface area (Å²) in [6.45, 7) is 4.55. The van der Waals surface area contributed by atoms with Gasteiger partial charge in [-0.05, 0) is 41.7 Å². The van der Waals surface area contributed by atoms with Gasteiger partial charge < -0.3 is 4.74 Å². The Bertz CT molecular complexity index is 840. The number of ether oxygens (including phenoxy) is 1. The summed E-state index contributed by atoms with van der Waals surface area (Å²) in [6, 6.07) is 16.8. The van der Waals surface area contributed by atoms with E-state index in [1.807, 2.05) is 44.2 Å². The maximum absolute atomic E-state index is 12.3. The van der Waals surface area contributed by atoms with Gasteiger partial charge in [0.15, 0.2) is 0 Å². The van der Waals surface area contributed by atoms with Crippen molar-refractivity contribution in [1.29, 1.82) is 0 Å². The number of hydrogen-bond donors (Lipinski definition) is 1. The summed E-state index contributed by atoms with van der Waals surface area (Å²) in [5.74, 6) is 0.563. The van der Waals surface area contributed by atoms with Gasteiger partial charge in [-0.15, -0.1) is 0 Å². The Kier molecular flexibility index (Phi) is 5.69. The Morgan fingerprint density at radius 1 is 1.07 bits per heavy atom. The molecular weight excluding hydrogens is 340 g/mol. The second-order valence-corrected chi connectivity index (χ2v) is 7.65. The van der Waals surface area contributed by atoms with Gasteiger partial charge in [-0.2, -0.15) is 5.10 Å². The number of Topliss-reactive ketones (excluding diaryl/α,β-unsaturated/α-hetero) is 1. The summed E-state index contributed by atoms with van der Waals surface area (Å²) in [5, 5.41) is 4.17.